The molecule has 6 heteroatoms. The van der Waals surface area contributed by atoms with Crippen LogP contribution < -0.4 is 0 Å². The highest BCUT2D eigenvalue weighted by atomic mass is 35.5. The maximum Gasteiger partial charge on any atom is 0.274 e. The largest absolute Gasteiger partial charge is 0.395 e. The first-order chi connectivity index (χ1) is 10.6. The van der Waals surface area contributed by atoms with Gasteiger partial charge in [-0.05, 0) is 31.2 Å². The summed E-state index contributed by atoms with van der Waals surface area (Å²) in [6, 6.07) is 8.98. The third-order valence-electron chi connectivity index (χ3n) is 3.17. The van der Waals surface area contributed by atoms with E-state index < -0.39 is 0 Å². The Bertz CT molecular complexity index is 682. The minimum atomic E-state index is -0.238. The number of aliphatic hydroxyl groups excluding tert-OH is 1. The van der Waals surface area contributed by atoms with Crippen LogP contribution in [0.5, 0.6) is 0 Å². The summed E-state index contributed by atoms with van der Waals surface area (Å²) in [5, 5.41) is 14.0. The number of carbonyl (C=O) groups is 1. The Morgan fingerprint density at radius 3 is 2.91 bits per heavy atom. The third kappa shape index (κ3) is 3.55. The van der Waals surface area contributed by atoms with Crippen LogP contribution in [0.2, 0.25) is 5.02 Å². The van der Waals surface area contributed by atoms with Crippen molar-refractivity contribution in [2.75, 3.05) is 19.7 Å². The molecule has 116 valence electrons. The van der Waals surface area contributed by atoms with E-state index in [1.807, 2.05) is 19.1 Å². The smallest absolute Gasteiger partial charge is 0.274 e. The van der Waals surface area contributed by atoms with E-state index in [1.165, 1.54) is 4.90 Å². The summed E-state index contributed by atoms with van der Waals surface area (Å²) in [7, 11) is 0. The number of aryl methyl sites for hydroxylation is 1. The molecule has 1 amide bonds. The van der Waals surface area contributed by atoms with Gasteiger partial charge in [0.05, 0.1) is 12.3 Å². The molecular weight excluding hydrogens is 302 g/mol. The molecule has 1 heterocycles. The molecule has 0 bridgehead atoms. The number of aliphatic hydroxyl groups is 1. The summed E-state index contributed by atoms with van der Waals surface area (Å²) in [5.74, 6) is -0.238. The lowest BCUT2D eigenvalue weighted by molar-refractivity contribution is 0.0736. The summed E-state index contributed by atoms with van der Waals surface area (Å²) in [6.45, 7) is 6.00. The molecule has 5 nitrogen and oxygen atoms in total. The van der Waals surface area contributed by atoms with Gasteiger partial charge in [-0.15, -0.1) is 6.58 Å². The second-order valence-electron chi connectivity index (χ2n) is 4.83. The molecule has 2 rings (SSSR count). The second kappa shape index (κ2) is 7.24. The normalized spacial score (nSPS) is 10.5. The average molecular weight is 320 g/mol. The summed E-state index contributed by atoms with van der Waals surface area (Å²) < 4.78 is 1.67. The molecule has 0 fully saturated rings. The van der Waals surface area contributed by atoms with Crippen LogP contribution in [0.15, 0.2) is 43.0 Å². The van der Waals surface area contributed by atoms with E-state index in [1.54, 1.807) is 29.0 Å². The predicted octanol–water partition coefficient (Wildman–Crippen LogP) is 2.45. The van der Waals surface area contributed by atoms with E-state index in [0.29, 0.717) is 17.3 Å². The lowest BCUT2D eigenvalue weighted by atomic mass is 10.3. The highest BCUT2D eigenvalue weighted by Gasteiger charge is 2.19. The van der Waals surface area contributed by atoms with Crippen LogP contribution in [0.25, 0.3) is 5.69 Å². The quantitative estimate of drug-likeness (QED) is 0.832. The van der Waals surface area contributed by atoms with E-state index in [-0.39, 0.29) is 19.1 Å². The molecule has 0 radical (unpaired) electrons. The number of amides is 1. The van der Waals surface area contributed by atoms with Gasteiger partial charge in [0, 0.05) is 23.8 Å². The van der Waals surface area contributed by atoms with Crippen LogP contribution in [0, 0.1) is 6.92 Å². The van der Waals surface area contributed by atoms with Crippen LogP contribution in [-0.4, -0.2) is 45.4 Å². The van der Waals surface area contributed by atoms with E-state index in [4.69, 9.17) is 16.7 Å². The fourth-order valence-corrected chi connectivity index (χ4v) is 2.35. The van der Waals surface area contributed by atoms with Gasteiger partial charge in [-0.1, -0.05) is 23.7 Å². The Morgan fingerprint density at radius 1 is 1.50 bits per heavy atom. The van der Waals surface area contributed by atoms with Crippen LogP contribution in [0.4, 0.5) is 0 Å². The predicted molar refractivity (Wildman–Crippen MR) is 86.5 cm³/mol. The summed E-state index contributed by atoms with van der Waals surface area (Å²) in [5.41, 5.74) is 1.95. The molecule has 0 aliphatic rings. The molecule has 0 saturated heterocycles. The van der Waals surface area contributed by atoms with Crippen molar-refractivity contribution in [3.05, 3.63) is 59.4 Å². The SMILES string of the molecule is C=CCN(CCO)C(=O)c1cc(C)n(-c2cccc(Cl)c2)n1. The highest BCUT2D eigenvalue weighted by molar-refractivity contribution is 6.30. The van der Waals surface area contributed by atoms with Gasteiger partial charge >= 0.3 is 0 Å². The third-order valence-corrected chi connectivity index (χ3v) is 3.40. The van der Waals surface area contributed by atoms with Gasteiger partial charge in [0.15, 0.2) is 5.69 Å². The molecular formula is C16H18ClN3O2. The lowest BCUT2D eigenvalue weighted by Gasteiger charge is -2.18. The molecule has 2 aromatic rings. The van der Waals surface area contributed by atoms with Crippen molar-refractivity contribution < 1.29 is 9.90 Å². The molecule has 0 unspecified atom stereocenters. The zero-order valence-electron chi connectivity index (χ0n) is 12.4. The zero-order chi connectivity index (χ0) is 16.1. The maximum absolute atomic E-state index is 12.5. The van der Waals surface area contributed by atoms with Gasteiger partial charge in [0.2, 0.25) is 0 Å². The lowest BCUT2D eigenvalue weighted by Crippen LogP contribution is -2.34. The Hall–Kier alpha value is -2.11. The van der Waals surface area contributed by atoms with Crippen molar-refractivity contribution in [2.45, 2.75) is 6.92 Å². The van der Waals surface area contributed by atoms with Gasteiger partial charge in [0.1, 0.15) is 0 Å². The summed E-state index contributed by atoms with van der Waals surface area (Å²) in [6.07, 6.45) is 1.62. The minimum absolute atomic E-state index is 0.104. The highest BCUT2D eigenvalue weighted by Crippen LogP contribution is 2.17. The van der Waals surface area contributed by atoms with Gasteiger partial charge in [-0.25, -0.2) is 4.68 Å². The van der Waals surface area contributed by atoms with E-state index in [9.17, 15) is 4.79 Å². The van der Waals surface area contributed by atoms with Crippen LogP contribution in [0.1, 0.15) is 16.2 Å². The summed E-state index contributed by atoms with van der Waals surface area (Å²) in [4.78, 5) is 14.0. The molecule has 0 spiro atoms. The molecule has 1 N–H and O–H groups in total. The standard InChI is InChI=1S/C16H18ClN3O2/c1-3-7-19(8-9-21)16(22)15-10-12(2)20(18-15)14-6-4-5-13(17)11-14/h3-6,10-11,21H,1,7-9H2,2H3. The fourth-order valence-electron chi connectivity index (χ4n) is 2.16. The average Bonchev–Trinajstić information content (AvgIpc) is 2.88. The Morgan fingerprint density at radius 2 is 2.27 bits per heavy atom. The first-order valence-corrected chi connectivity index (χ1v) is 7.28. The zero-order valence-corrected chi connectivity index (χ0v) is 13.1. The first-order valence-electron chi connectivity index (χ1n) is 6.90. The van der Waals surface area contributed by atoms with Gasteiger partial charge in [-0.2, -0.15) is 5.10 Å². The molecule has 22 heavy (non-hydrogen) atoms. The van der Waals surface area contributed by atoms with Gasteiger partial charge < -0.3 is 10.0 Å². The number of aromatic nitrogens is 2. The minimum Gasteiger partial charge on any atom is -0.395 e. The van der Waals surface area contributed by atoms with E-state index in [0.717, 1.165) is 11.4 Å². The Kier molecular flexibility index (Phi) is 5.35. The number of hydrogen-bond donors (Lipinski definition) is 1. The van der Waals surface area contributed by atoms with Crippen molar-refractivity contribution in [3.63, 3.8) is 0 Å². The number of carbonyl (C=O) groups excluding carboxylic acids is 1. The monoisotopic (exact) mass is 319 g/mol. The van der Waals surface area contributed by atoms with Crippen LogP contribution in [0.3, 0.4) is 0 Å². The van der Waals surface area contributed by atoms with Crippen molar-refractivity contribution in [1.29, 1.82) is 0 Å². The Labute approximate surface area is 134 Å². The number of halogens is 1. The number of hydrogen-bond acceptors (Lipinski definition) is 3. The van der Waals surface area contributed by atoms with Crippen molar-refractivity contribution in [3.8, 4) is 5.69 Å². The first kappa shape index (κ1) is 16.3. The molecule has 0 atom stereocenters. The van der Waals surface area contributed by atoms with Crippen LogP contribution >= 0.6 is 11.6 Å². The number of nitrogens with zero attached hydrogens (tertiary/aromatic N) is 3. The fraction of sp³-hybridized carbons (Fsp3) is 0.250. The molecule has 0 aliphatic heterocycles. The van der Waals surface area contributed by atoms with Gasteiger partial charge in [-0.3, -0.25) is 4.79 Å². The maximum atomic E-state index is 12.5. The van der Waals surface area contributed by atoms with Crippen molar-refractivity contribution >= 4 is 17.5 Å². The molecule has 0 aliphatic carbocycles. The number of rotatable bonds is 6. The van der Waals surface area contributed by atoms with Crippen molar-refractivity contribution in [1.82, 2.24) is 14.7 Å². The number of benzene rings is 1. The summed E-state index contributed by atoms with van der Waals surface area (Å²) >= 11 is 5.99. The van der Waals surface area contributed by atoms with E-state index in [2.05, 4.69) is 11.7 Å². The molecule has 1 aromatic heterocycles. The van der Waals surface area contributed by atoms with Crippen LogP contribution in [-0.2, 0) is 0 Å². The van der Waals surface area contributed by atoms with Gasteiger partial charge in [0.25, 0.3) is 5.91 Å². The molecule has 0 saturated carbocycles. The Balaban J connectivity index is 2.32. The topological polar surface area (TPSA) is 58.4 Å². The molecule has 1 aromatic carbocycles. The van der Waals surface area contributed by atoms with E-state index >= 15 is 0 Å². The second-order valence-corrected chi connectivity index (χ2v) is 5.26. The van der Waals surface area contributed by atoms with Crippen molar-refractivity contribution in [2.24, 2.45) is 0 Å².